The molecule has 0 spiro atoms. The summed E-state index contributed by atoms with van der Waals surface area (Å²) >= 11 is 5.61. The minimum atomic E-state index is 0.627. The molecule has 1 N–H and O–H groups in total. The van der Waals surface area contributed by atoms with E-state index in [9.17, 15) is 0 Å². The van der Waals surface area contributed by atoms with Gasteiger partial charge in [-0.05, 0) is 13.0 Å². The van der Waals surface area contributed by atoms with Crippen LogP contribution in [0.3, 0.4) is 0 Å². The third kappa shape index (κ3) is 3.20. The highest BCUT2D eigenvalue weighted by Gasteiger charge is 1.98. The summed E-state index contributed by atoms with van der Waals surface area (Å²) in [7, 11) is 0. The summed E-state index contributed by atoms with van der Waals surface area (Å²) in [5.74, 6) is 0. The Labute approximate surface area is 83.4 Å². The molecule has 0 saturated heterocycles. The summed E-state index contributed by atoms with van der Waals surface area (Å²) in [4.78, 5) is 0. The van der Waals surface area contributed by atoms with Crippen LogP contribution in [0, 0.1) is 0 Å². The molecule has 0 radical (unpaired) electrons. The first kappa shape index (κ1) is 10.3. The lowest BCUT2D eigenvalue weighted by Gasteiger charge is -2.05. The second-order valence-electron chi connectivity index (χ2n) is 2.76. The molecule has 0 unspecified atom stereocenters. The minimum Gasteiger partial charge on any atom is -0.306 e. The van der Waals surface area contributed by atoms with Crippen LogP contribution in [0.4, 0.5) is 0 Å². The Hall–Kier alpha value is -0.800. The van der Waals surface area contributed by atoms with Crippen molar-refractivity contribution in [3.63, 3.8) is 0 Å². The Kier molecular flexibility index (Phi) is 3.99. The van der Waals surface area contributed by atoms with E-state index in [2.05, 4.69) is 23.9 Å². The summed E-state index contributed by atoms with van der Waals surface area (Å²) in [5.41, 5.74) is 1.17. The first-order valence-corrected chi connectivity index (χ1v) is 4.66. The van der Waals surface area contributed by atoms with Crippen LogP contribution in [0.25, 0.3) is 0 Å². The largest absolute Gasteiger partial charge is 0.306 e. The quantitative estimate of drug-likeness (QED) is 0.783. The van der Waals surface area contributed by atoms with Gasteiger partial charge >= 0.3 is 0 Å². The predicted octanol–water partition coefficient (Wildman–Crippen LogP) is 1.75. The molecule has 1 aromatic rings. The lowest BCUT2D eigenvalue weighted by molar-refractivity contribution is 0.595. The van der Waals surface area contributed by atoms with Gasteiger partial charge in [-0.15, -0.1) is 0 Å². The van der Waals surface area contributed by atoms with Crippen molar-refractivity contribution in [2.45, 2.75) is 20.0 Å². The van der Waals surface area contributed by atoms with E-state index in [0.717, 1.165) is 13.1 Å². The Balaban J connectivity index is 2.40. The van der Waals surface area contributed by atoms with Gasteiger partial charge in [0, 0.05) is 30.9 Å². The molecule has 1 heterocycles. The molecule has 3 nitrogen and oxygen atoms in total. The van der Waals surface area contributed by atoms with Crippen LogP contribution in [-0.4, -0.2) is 16.3 Å². The molecule has 0 fully saturated rings. The number of nitrogens with one attached hydrogen (secondary N) is 1. The lowest BCUT2D eigenvalue weighted by atomic mass is 10.4. The average Bonchev–Trinajstić information content (AvgIpc) is 2.51. The van der Waals surface area contributed by atoms with Crippen LogP contribution in [0.15, 0.2) is 23.9 Å². The molecule has 0 bridgehead atoms. The summed E-state index contributed by atoms with van der Waals surface area (Å²) in [6.45, 7) is 7.97. The zero-order chi connectivity index (χ0) is 9.68. The lowest BCUT2D eigenvalue weighted by Crippen LogP contribution is -2.17. The van der Waals surface area contributed by atoms with E-state index < -0.39 is 0 Å². The third-order valence-electron chi connectivity index (χ3n) is 1.73. The first-order valence-electron chi connectivity index (χ1n) is 4.28. The number of nitrogens with zero attached hydrogens (tertiary/aromatic N) is 2. The summed E-state index contributed by atoms with van der Waals surface area (Å²) in [6, 6.07) is 1.99. The van der Waals surface area contributed by atoms with E-state index in [4.69, 9.17) is 11.6 Å². The smallest absolute Gasteiger partial charge is 0.0522 e. The molecule has 1 rings (SSSR count). The maximum atomic E-state index is 5.61. The van der Waals surface area contributed by atoms with Gasteiger partial charge in [0.2, 0.25) is 0 Å². The SMILES string of the molecule is C=C(Cl)CNCc1ccnn1CC. The zero-order valence-corrected chi connectivity index (χ0v) is 8.51. The van der Waals surface area contributed by atoms with Crippen LogP contribution in [0.1, 0.15) is 12.6 Å². The topological polar surface area (TPSA) is 29.9 Å². The molecular formula is C9H14ClN3. The number of aryl methyl sites for hydroxylation is 1. The second-order valence-corrected chi connectivity index (χ2v) is 3.29. The minimum absolute atomic E-state index is 0.627. The van der Waals surface area contributed by atoms with Crippen molar-refractivity contribution in [2.24, 2.45) is 0 Å². The number of hydrogen-bond donors (Lipinski definition) is 1. The Morgan fingerprint density at radius 3 is 3.15 bits per heavy atom. The molecule has 0 aliphatic heterocycles. The number of halogens is 1. The van der Waals surface area contributed by atoms with Crippen molar-refractivity contribution in [2.75, 3.05) is 6.54 Å². The average molecular weight is 200 g/mol. The highest BCUT2D eigenvalue weighted by Crippen LogP contribution is 1.99. The maximum absolute atomic E-state index is 5.61. The van der Waals surface area contributed by atoms with Crippen LogP contribution >= 0.6 is 11.6 Å². The normalized spacial score (nSPS) is 10.3. The van der Waals surface area contributed by atoms with Crippen LogP contribution in [0.5, 0.6) is 0 Å². The fraction of sp³-hybridized carbons (Fsp3) is 0.444. The van der Waals surface area contributed by atoms with Gasteiger partial charge in [-0.2, -0.15) is 5.10 Å². The van der Waals surface area contributed by atoms with Crippen LogP contribution in [0.2, 0.25) is 0 Å². The van der Waals surface area contributed by atoms with E-state index in [0.29, 0.717) is 11.6 Å². The highest BCUT2D eigenvalue weighted by molar-refractivity contribution is 6.29. The van der Waals surface area contributed by atoms with Gasteiger partial charge in [-0.25, -0.2) is 0 Å². The third-order valence-corrected chi connectivity index (χ3v) is 1.86. The van der Waals surface area contributed by atoms with Gasteiger partial charge in [0.25, 0.3) is 0 Å². The molecule has 72 valence electrons. The van der Waals surface area contributed by atoms with Gasteiger partial charge < -0.3 is 5.32 Å². The Bertz CT molecular complexity index is 280. The molecule has 4 heteroatoms. The zero-order valence-electron chi connectivity index (χ0n) is 7.76. The predicted molar refractivity (Wildman–Crippen MR) is 54.6 cm³/mol. The van der Waals surface area contributed by atoms with Crippen molar-refractivity contribution in [1.29, 1.82) is 0 Å². The Morgan fingerprint density at radius 1 is 1.77 bits per heavy atom. The van der Waals surface area contributed by atoms with E-state index in [1.54, 1.807) is 6.20 Å². The second kappa shape index (κ2) is 5.04. The first-order chi connectivity index (χ1) is 6.24. The number of aromatic nitrogens is 2. The van der Waals surface area contributed by atoms with Crippen molar-refractivity contribution in [3.05, 3.63) is 29.6 Å². The highest BCUT2D eigenvalue weighted by atomic mass is 35.5. The van der Waals surface area contributed by atoms with Gasteiger partial charge in [0.05, 0.1) is 5.69 Å². The summed E-state index contributed by atoms with van der Waals surface area (Å²) < 4.78 is 1.95. The number of rotatable bonds is 5. The number of hydrogen-bond acceptors (Lipinski definition) is 2. The van der Waals surface area contributed by atoms with E-state index in [1.807, 2.05) is 10.7 Å². The van der Waals surface area contributed by atoms with Gasteiger partial charge in [-0.3, -0.25) is 4.68 Å². The molecular weight excluding hydrogens is 186 g/mol. The van der Waals surface area contributed by atoms with E-state index >= 15 is 0 Å². The molecule has 0 amide bonds. The molecule has 0 aliphatic rings. The van der Waals surface area contributed by atoms with Gasteiger partial charge in [0.15, 0.2) is 0 Å². The monoisotopic (exact) mass is 199 g/mol. The van der Waals surface area contributed by atoms with Crippen molar-refractivity contribution >= 4 is 11.6 Å². The standard InChI is InChI=1S/C9H14ClN3/c1-3-13-9(4-5-12-13)7-11-6-8(2)10/h4-5,11H,2-3,6-7H2,1H3. The van der Waals surface area contributed by atoms with Crippen molar-refractivity contribution in [3.8, 4) is 0 Å². The van der Waals surface area contributed by atoms with Crippen molar-refractivity contribution < 1.29 is 0 Å². The molecule has 13 heavy (non-hydrogen) atoms. The van der Waals surface area contributed by atoms with E-state index in [1.165, 1.54) is 5.69 Å². The van der Waals surface area contributed by atoms with Gasteiger partial charge in [0.1, 0.15) is 0 Å². The molecule has 0 aliphatic carbocycles. The summed E-state index contributed by atoms with van der Waals surface area (Å²) in [5, 5.41) is 7.95. The molecule has 0 aromatic carbocycles. The fourth-order valence-corrected chi connectivity index (χ4v) is 1.22. The molecule has 0 atom stereocenters. The van der Waals surface area contributed by atoms with Crippen molar-refractivity contribution in [1.82, 2.24) is 15.1 Å². The fourth-order valence-electron chi connectivity index (χ4n) is 1.12. The maximum Gasteiger partial charge on any atom is 0.0522 e. The molecule has 0 saturated carbocycles. The Morgan fingerprint density at radius 2 is 2.54 bits per heavy atom. The summed E-state index contributed by atoms with van der Waals surface area (Å²) in [6.07, 6.45) is 1.80. The molecule has 1 aromatic heterocycles. The van der Waals surface area contributed by atoms with Crippen LogP contribution < -0.4 is 5.32 Å². The van der Waals surface area contributed by atoms with Crippen LogP contribution in [-0.2, 0) is 13.1 Å². The van der Waals surface area contributed by atoms with E-state index in [-0.39, 0.29) is 0 Å². The van der Waals surface area contributed by atoms with Gasteiger partial charge in [-0.1, -0.05) is 18.2 Å².